The Hall–Kier alpha value is -3.65. The minimum Gasteiger partial charge on any atom is -0.481 e. The van der Waals surface area contributed by atoms with E-state index in [-0.39, 0.29) is 19.1 Å². The molecule has 184 valence electrons. The number of carboxylic acid groups (broad SMARTS) is 1. The fourth-order valence-electron chi connectivity index (χ4n) is 4.74. The Morgan fingerprint density at radius 1 is 1.20 bits per heavy atom. The lowest BCUT2D eigenvalue weighted by molar-refractivity contribution is -0.146. The predicted molar refractivity (Wildman–Crippen MR) is 134 cm³/mol. The Morgan fingerprint density at radius 2 is 1.97 bits per heavy atom. The van der Waals surface area contributed by atoms with Crippen LogP contribution in [0.15, 0.2) is 57.7 Å². The van der Waals surface area contributed by atoms with Crippen LogP contribution < -0.4 is 10.5 Å². The Kier molecular flexibility index (Phi) is 7.21. The van der Waals surface area contributed by atoms with E-state index in [2.05, 4.69) is 0 Å². The first kappa shape index (κ1) is 24.5. The molecule has 1 amide bonds. The predicted octanol–water partition coefficient (Wildman–Crippen LogP) is 3.54. The van der Waals surface area contributed by atoms with Crippen LogP contribution in [0.5, 0.6) is 0 Å². The highest BCUT2D eigenvalue weighted by molar-refractivity contribution is 5.96. The molecule has 8 heteroatoms. The van der Waals surface area contributed by atoms with Crippen molar-refractivity contribution in [2.24, 2.45) is 5.92 Å². The second-order valence-electron chi connectivity index (χ2n) is 9.02. The fourth-order valence-corrected chi connectivity index (χ4v) is 4.74. The van der Waals surface area contributed by atoms with E-state index >= 15 is 0 Å². The van der Waals surface area contributed by atoms with Gasteiger partial charge in [0.1, 0.15) is 11.6 Å². The monoisotopic (exact) mass is 478 g/mol. The van der Waals surface area contributed by atoms with Gasteiger partial charge in [0.25, 0.3) is 0 Å². The van der Waals surface area contributed by atoms with Gasteiger partial charge in [-0.25, -0.2) is 4.79 Å². The van der Waals surface area contributed by atoms with Crippen LogP contribution in [0.1, 0.15) is 18.4 Å². The molecule has 0 bridgehead atoms. The van der Waals surface area contributed by atoms with Gasteiger partial charge in [-0.15, -0.1) is 0 Å². The molecule has 1 saturated heterocycles. The van der Waals surface area contributed by atoms with Gasteiger partial charge >= 0.3 is 11.6 Å². The van der Waals surface area contributed by atoms with Crippen molar-refractivity contribution < 1.29 is 23.8 Å². The summed E-state index contributed by atoms with van der Waals surface area (Å²) >= 11 is 0. The zero-order valence-corrected chi connectivity index (χ0v) is 20.2. The van der Waals surface area contributed by atoms with Gasteiger partial charge in [0, 0.05) is 56.0 Å². The topological polar surface area (TPSA) is 100 Å². The number of anilines is 1. The summed E-state index contributed by atoms with van der Waals surface area (Å²) in [7, 11) is 3.31. The Morgan fingerprint density at radius 3 is 2.69 bits per heavy atom. The number of ether oxygens (including phenoxy) is 1. The molecule has 1 aliphatic rings. The molecule has 4 rings (SSSR count). The summed E-state index contributed by atoms with van der Waals surface area (Å²) in [5, 5.41) is 10.2. The number of benzene rings is 2. The minimum absolute atomic E-state index is 0.134. The van der Waals surface area contributed by atoms with E-state index in [0.717, 1.165) is 22.1 Å². The number of likely N-dealkylation sites (tertiary alicyclic amines) is 1. The maximum absolute atomic E-state index is 13.4. The molecule has 1 N–H and O–H groups in total. The van der Waals surface area contributed by atoms with Crippen LogP contribution in [0.3, 0.4) is 0 Å². The zero-order chi connectivity index (χ0) is 25.1. The molecule has 1 aliphatic heterocycles. The number of likely N-dealkylation sites (N-methyl/N-ethyl adjacent to an activating group) is 1. The zero-order valence-electron chi connectivity index (χ0n) is 20.2. The van der Waals surface area contributed by atoms with Gasteiger partial charge in [-0.2, -0.15) is 0 Å². The quantitative estimate of drug-likeness (QED) is 0.519. The summed E-state index contributed by atoms with van der Waals surface area (Å²) in [6.07, 6.45) is 1.21. The Labute approximate surface area is 203 Å². The third-order valence-electron chi connectivity index (χ3n) is 6.73. The van der Waals surface area contributed by atoms with Gasteiger partial charge < -0.3 is 24.1 Å². The number of rotatable bonds is 7. The number of methoxy groups -OCH3 is 1. The molecule has 35 heavy (non-hydrogen) atoms. The molecule has 1 fully saturated rings. The summed E-state index contributed by atoms with van der Waals surface area (Å²) in [5.74, 6) is -1.63. The van der Waals surface area contributed by atoms with Crippen LogP contribution in [-0.2, 0) is 14.3 Å². The summed E-state index contributed by atoms with van der Waals surface area (Å²) in [6, 6.07) is 14.2. The molecule has 0 spiro atoms. The maximum atomic E-state index is 13.4. The average Bonchev–Trinajstić information content (AvgIpc) is 2.86. The highest BCUT2D eigenvalue weighted by Crippen LogP contribution is 2.32. The average molecular weight is 479 g/mol. The van der Waals surface area contributed by atoms with Crippen molar-refractivity contribution in [3.63, 3.8) is 0 Å². The summed E-state index contributed by atoms with van der Waals surface area (Å²) < 4.78 is 10.9. The van der Waals surface area contributed by atoms with Crippen molar-refractivity contribution in [2.45, 2.75) is 25.8 Å². The van der Waals surface area contributed by atoms with Crippen molar-refractivity contribution in [3.05, 3.63) is 64.5 Å². The van der Waals surface area contributed by atoms with Gasteiger partial charge in [-0.1, -0.05) is 24.3 Å². The number of piperidine rings is 1. The first-order valence-electron chi connectivity index (χ1n) is 11.7. The molecule has 0 saturated carbocycles. The maximum Gasteiger partial charge on any atom is 0.336 e. The van der Waals surface area contributed by atoms with Gasteiger partial charge in [-0.3, -0.25) is 9.59 Å². The first-order chi connectivity index (χ1) is 16.8. The van der Waals surface area contributed by atoms with Gasteiger partial charge in [0.15, 0.2) is 0 Å². The number of amides is 1. The summed E-state index contributed by atoms with van der Waals surface area (Å²) in [4.78, 5) is 40.7. The number of nitrogens with zero attached hydrogens (tertiary/aromatic N) is 2. The molecular weight excluding hydrogens is 448 g/mol. The van der Waals surface area contributed by atoms with Crippen molar-refractivity contribution in [3.8, 4) is 11.1 Å². The molecule has 8 nitrogen and oxygen atoms in total. The van der Waals surface area contributed by atoms with Crippen LogP contribution in [0.2, 0.25) is 0 Å². The molecule has 0 aliphatic carbocycles. The largest absolute Gasteiger partial charge is 0.481 e. The third kappa shape index (κ3) is 5.07. The van der Waals surface area contributed by atoms with Crippen molar-refractivity contribution >= 4 is 28.5 Å². The molecule has 2 atom stereocenters. The summed E-state index contributed by atoms with van der Waals surface area (Å²) in [6.45, 7) is 2.83. The minimum atomic E-state index is -0.881. The van der Waals surface area contributed by atoms with E-state index in [4.69, 9.17) is 9.15 Å². The molecule has 2 aromatic carbocycles. The van der Waals surface area contributed by atoms with Crippen LogP contribution in [-0.4, -0.2) is 61.8 Å². The van der Waals surface area contributed by atoms with Gasteiger partial charge in [0.05, 0.1) is 12.5 Å². The number of carbonyl (C=O) groups excluding carboxylic acids is 1. The Balaban J connectivity index is 1.68. The second kappa shape index (κ2) is 10.3. The van der Waals surface area contributed by atoms with E-state index < -0.39 is 23.6 Å². The number of carbonyl (C=O) groups is 2. The molecule has 3 aromatic rings. The molecular formula is C27H30N2O6. The lowest BCUT2D eigenvalue weighted by Gasteiger charge is -2.36. The van der Waals surface area contributed by atoms with E-state index in [1.807, 2.05) is 43.3 Å². The number of aryl methyl sites for hydroxylation is 1. The lowest BCUT2D eigenvalue weighted by Crippen LogP contribution is -2.53. The Bertz CT molecular complexity index is 1300. The van der Waals surface area contributed by atoms with E-state index in [9.17, 15) is 19.5 Å². The smallest absolute Gasteiger partial charge is 0.336 e. The van der Waals surface area contributed by atoms with Crippen LogP contribution in [0.4, 0.5) is 5.69 Å². The van der Waals surface area contributed by atoms with E-state index in [0.29, 0.717) is 30.7 Å². The molecule has 1 unspecified atom stereocenters. The third-order valence-corrected chi connectivity index (χ3v) is 6.73. The number of hydrogen-bond acceptors (Lipinski definition) is 6. The number of carboxylic acids is 1. The van der Waals surface area contributed by atoms with Crippen LogP contribution >= 0.6 is 0 Å². The van der Waals surface area contributed by atoms with Crippen LogP contribution in [0, 0.1) is 12.8 Å². The fraction of sp³-hybridized carbons (Fsp3) is 0.370. The molecule has 1 aromatic heterocycles. The van der Waals surface area contributed by atoms with Crippen molar-refractivity contribution in [1.29, 1.82) is 0 Å². The SMILES string of the molecule is COC[C@@H](C(=O)N1CCCC(C(=O)O)C1)N(C)c1ccc2c(-c3ccccc3C)cc(=O)oc2c1. The highest BCUT2D eigenvalue weighted by Gasteiger charge is 2.34. The highest BCUT2D eigenvalue weighted by atomic mass is 16.5. The number of aliphatic carboxylic acids is 1. The van der Waals surface area contributed by atoms with E-state index in [1.54, 1.807) is 22.9 Å². The number of hydrogen-bond donors (Lipinski definition) is 1. The lowest BCUT2D eigenvalue weighted by atomic mass is 9.97. The number of fused-ring (bicyclic) bond motifs is 1. The molecule has 2 heterocycles. The van der Waals surface area contributed by atoms with Gasteiger partial charge in [0.2, 0.25) is 5.91 Å². The summed E-state index contributed by atoms with van der Waals surface area (Å²) in [5.41, 5.74) is 3.45. The second-order valence-corrected chi connectivity index (χ2v) is 9.02. The van der Waals surface area contributed by atoms with E-state index in [1.165, 1.54) is 13.2 Å². The standard InChI is InChI=1S/C27H30N2O6/c1-17-7-4-5-9-20(17)22-14-25(30)35-24-13-19(10-11-21(22)24)28(2)23(16-34-3)26(31)29-12-6-8-18(15-29)27(32)33/h4-5,7,9-11,13-14,18,23H,6,8,12,15-16H2,1-3H3,(H,32,33)/t18?,23-/m0/s1. The van der Waals surface area contributed by atoms with Gasteiger partial charge in [-0.05, 0) is 43.0 Å². The van der Waals surface area contributed by atoms with Crippen LogP contribution in [0.25, 0.3) is 22.1 Å². The van der Waals surface area contributed by atoms with Crippen molar-refractivity contribution in [1.82, 2.24) is 4.90 Å². The normalized spacial score (nSPS) is 16.8. The first-order valence-corrected chi connectivity index (χ1v) is 11.7. The van der Waals surface area contributed by atoms with Crippen molar-refractivity contribution in [2.75, 3.05) is 38.8 Å². The molecule has 0 radical (unpaired) electrons.